The van der Waals surface area contributed by atoms with Gasteiger partial charge in [0.25, 0.3) is 0 Å². The molecule has 1 aromatic rings. The molecule has 1 N–H and O–H groups in total. The zero-order chi connectivity index (χ0) is 12.4. The van der Waals surface area contributed by atoms with Gasteiger partial charge in [0.2, 0.25) is 0 Å². The summed E-state index contributed by atoms with van der Waals surface area (Å²) in [5.41, 5.74) is 2.62. The van der Waals surface area contributed by atoms with Gasteiger partial charge in [0.05, 0.1) is 30.6 Å². The van der Waals surface area contributed by atoms with Crippen LogP contribution in [0.3, 0.4) is 0 Å². The maximum atomic E-state index is 5.88. The number of fused-ring (bicyclic) bond motifs is 1. The topological polar surface area (TPSA) is 37.4 Å². The first-order valence-corrected chi connectivity index (χ1v) is 6.86. The fourth-order valence-electron chi connectivity index (χ4n) is 3.24. The molecule has 0 bridgehead atoms. The van der Waals surface area contributed by atoms with E-state index in [0.717, 1.165) is 19.7 Å². The minimum atomic E-state index is 0.432. The van der Waals surface area contributed by atoms with Crippen molar-refractivity contribution in [2.24, 2.45) is 0 Å². The van der Waals surface area contributed by atoms with Crippen molar-refractivity contribution in [3.05, 3.63) is 24.0 Å². The highest BCUT2D eigenvalue weighted by Crippen LogP contribution is 2.34. The second kappa shape index (κ2) is 5.24. The van der Waals surface area contributed by atoms with Gasteiger partial charge < -0.3 is 15.0 Å². The Balaban J connectivity index is 1.88. The average molecular weight is 247 g/mol. The Morgan fingerprint density at radius 2 is 2.44 bits per heavy atom. The highest BCUT2D eigenvalue weighted by molar-refractivity contribution is 5.53. The molecule has 2 unspecified atom stereocenters. The summed E-state index contributed by atoms with van der Waals surface area (Å²) >= 11 is 0. The molecule has 0 amide bonds. The SMILES string of the molecule is CNCc1ccncc1N1CCOC2CCCC21. The van der Waals surface area contributed by atoms with Crippen molar-refractivity contribution in [2.45, 2.75) is 38.0 Å². The Labute approximate surface area is 108 Å². The van der Waals surface area contributed by atoms with Crippen LogP contribution < -0.4 is 10.2 Å². The van der Waals surface area contributed by atoms with Crippen LogP contribution in [0, 0.1) is 0 Å². The molecule has 0 radical (unpaired) electrons. The molecule has 0 aromatic carbocycles. The second-order valence-corrected chi connectivity index (χ2v) is 5.14. The zero-order valence-corrected chi connectivity index (χ0v) is 10.9. The van der Waals surface area contributed by atoms with Gasteiger partial charge in [-0.15, -0.1) is 0 Å². The molecular formula is C14H21N3O. The van der Waals surface area contributed by atoms with Gasteiger partial charge in [-0.1, -0.05) is 0 Å². The number of hydrogen-bond donors (Lipinski definition) is 1. The van der Waals surface area contributed by atoms with Crippen molar-refractivity contribution in [1.82, 2.24) is 10.3 Å². The number of aromatic nitrogens is 1. The lowest BCUT2D eigenvalue weighted by Crippen LogP contribution is -2.49. The molecule has 2 atom stereocenters. The van der Waals surface area contributed by atoms with E-state index in [9.17, 15) is 0 Å². The number of nitrogens with zero attached hydrogens (tertiary/aromatic N) is 2. The van der Waals surface area contributed by atoms with Gasteiger partial charge in [0.15, 0.2) is 0 Å². The van der Waals surface area contributed by atoms with Gasteiger partial charge in [-0.05, 0) is 37.9 Å². The van der Waals surface area contributed by atoms with Crippen LogP contribution in [-0.4, -0.2) is 37.3 Å². The number of anilines is 1. The number of hydrogen-bond acceptors (Lipinski definition) is 4. The highest BCUT2D eigenvalue weighted by atomic mass is 16.5. The summed E-state index contributed by atoms with van der Waals surface area (Å²) in [6.07, 6.45) is 8.06. The van der Waals surface area contributed by atoms with Crippen molar-refractivity contribution in [2.75, 3.05) is 25.1 Å². The number of nitrogens with one attached hydrogen (secondary N) is 1. The van der Waals surface area contributed by atoms with Gasteiger partial charge >= 0.3 is 0 Å². The first-order valence-electron chi connectivity index (χ1n) is 6.86. The molecule has 4 heteroatoms. The summed E-state index contributed by atoms with van der Waals surface area (Å²) in [6.45, 7) is 2.73. The van der Waals surface area contributed by atoms with E-state index >= 15 is 0 Å². The minimum Gasteiger partial charge on any atom is -0.374 e. The van der Waals surface area contributed by atoms with Crippen LogP contribution in [-0.2, 0) is 11.3 Å². The molecule has 1 saturated heterocycles. The van der Waals surface area contributed by atoms with Crippen molar-refractivity contribution >= 4 is 5.69 Å². The van der Waals surface area contributed by atoms with Crippen molar-refractivity contribution in [3.8, 4) is 0 Å². The van der Waals surface area contributed by atoms with E-state index in [-0.39, 0.29) is 0 Å². The Kier molecular flexibility index (Phi) is 3.48. The predicted molar refractivity (Wildman–Crippen MR) is 71.7 cm³/mol. The Morgan fingerprint density at radius 3 is 3.33 bits per heavy atom. The summed E-state index contributed by atoms with van der Waals surface area (Å²) in [7, 11) is 1.99. The van der Waals surface area contributed by atoms with Gasteiger partial charge in [0, 0.05) is 19.3 Å². The maximum Gasteiger partial charge on any atom is 0.0779 e. The molecule has 4 nitrogen and oxygen atoms in total. The van der Waals surface area contributed by atoms with Crippen LogP contribution in [0.2, 0.25) is 0 Å². The predicted octanol–water partition coefficient (Wildman–Crippen LogP) is 1.56. The molecule has 1 aromatic heterocycles. The molecule has 1 saturated carbocycles. The molecule has 98 valence electrons. The van der Waals surface area contributed by atoms with Crippen LogP contribution in [0.1, 0.15) is 24.8 Å². The molecular weight excluding hydrogens is 226 g/mol. The minimum absolute atomic E-state index is 0.432. The van der Waals surface area contributed by atoms with Crippen LogP contribution in [0.15, 0.2) is 18.5 Å². The summed E-state index contributed by atoms with van der Waals surface area (Å²) < 4.78 is 5.88. The molecule has 18 heavy (non-hydrogen) atoms. The quantitative estimate of drug-likeness (QED) is 0.879. The summed E-state index contributed by atoms with van der Waals surface area (Å²) in [6, 6.07) is 2.67. The maximum absolute atomic E-state index is 5.88. The number of morpholine rings is 1. The third-order valence-corrected chi connectivity index (χ3v) is 4.05. The Hall–Kier alpha value is -1.13. The summed E-state index contributed by atoms with van der Waals surface area (Å²) in [4.78, 5) is 6.82. The average Bonchev–Trinajstić information content (AvgIpc) is 2.88. The van der Waals surface area contributed by atoms with Crippen molar-refractivity contribution < 1.29 is 4.74 Å². The largest absolute Gasteiger partial charge is 0.374 e. The lowest BCUT2D eigenvalue weighted by atomic mass is 10.1. The third-order valence-electron chi connectivity index (χ3n) is 4.05. The fraction of sp³-hybridized carbons (Fsp3) is 0.643. The number of ether oxygens (including phenoxy) is 1. The zero-order valence-electron chi connectivity index (χ0n) is 10.9. The van der Waals surface area contributed by atoms with E-state index in [1.54, 1.807) is 0 Å². The molecule has 2 heterocycles. The lowest BCUT2D eigenvalue weighted by molar-refractivity contribution is 0.0255. The first kappa shape index (κ1) is 11.9. The molecule has 0 spiro atoms. The Bertz CT molecular complexity index is 410. The normalized spacial score (nSPS) is 27.3. The number of pyridine rings is 1. The highest BCUT2D eigenvalue weighted by Gasteiger charge is 2.36. The molecule has 1 aliphatic carbocycles. The van der Waals surface area contributed by atoms with E-state index in [1.165, 1.54) is 30.5 Å². The molecule has 2 aliphatic rings. The van der Waals surface area contributed by atoms with E-state index < -0.39 is 0 Å². The van der Waals surface area contributed by atoms with Crippen LogP contribution in [0.4, 0.5) is 5.69 Å². The third kappa shape index (κ3) is 2.10. The van der Waals surface area contributed by atoms with Crippen LogP contribution in [0.5, 0.6) is 0 Å². The van der Waals surface area contributed by atoms with Crippen molar-refractivity contribution in [1.29, 1.82) is 0 Å². The summed E-state index contributed by atoms with van der Waals surface area (Å²) in [5.74, 6) is 0. The van der Waals surface area contributed by atoms with Crippen LogP contribution >= 0.6 is 0 Å². The first-order chi connectivity index (χ1) is 8.90. The second-order valence-electron chi connectivity index (χ2n) is 5.14. The number of rotatable bonds is 3. The standard InChI is InChI=1S/C14H21N3O/c1-15-9-11-5-6-16-10-13(11)17-7-8-18-14-4-2-3-12(14)17/h5-6,10,12,14-15H,2-4,7-9H2,1H3. The van der Waals surface area contributed by atoms with E-state index in [4.69, 9.17) is 4.74 Å². The molecule has 2 fully saturated rings. The van der Waals surface area contributed by atoms with Gasteiger partial charge in [-0.2, -0.15) is 0 Å². The molecule has 3 rings (SSSR count). The van der Waals surface area contributed by atoms with E-state index in [2.05, 4.69) is 21.3 Å². The van der Waals surface area contributed by atoms with Gasteiger partial charge in [0.1, 0.15) is 0 Å². The lowest BCUT2D eigenvalue weighted by Gasteiger charge is -2.40. The molecule has 1 aliphatic heterocycles. The monoisotopic (exact) mass is 247 g/mol. The fourth-order valence-corrected chi connectivity index (χ4v) is 3.24. The smallest absolute Gasteiger partial charge is 0.0779 e. The van der Waals surface area contributed by atoms with Crippen molar-refractivity contribution in [3.63, 3.8) is 0 Å². The Morgan fingerprint density at radius 1 is 1.50 bits per heavy atom. The van der Waals surface area contributed by atoms with Crippen LogP contribution in [0.25, 0.3) is 0 Å². The van der Waals surface area contributed by atoms with Gasteiger partial charge in [-0.3, -0.25) is 4.98 Å². The van der Waals surface area contributed by atoms with E-state index in [0.29, 0.717) is 12.1 Å². The van der Waals surface area contributed by atoms with E-state index in [1.807, 2.05) is 19.4 Å². The summed E-state index contributed by atoms with van der Waals surface area (Å²) in [5, 5.41) is 3.24. The van der Waals surface area contributed by atoms with Gasteiger partial charge in [-0.25, -0.2) is 0 Å².